The number of amides is 1. The van der Waals surface area contributed by atoms with Crippen molar-refractivity contribution in [2.45, 2.75) is 56.7 Å². The molecule has 4 rings (SSSR count). The van der Waals surface area contributed by atoms with Crippen LogP contribution in [0.5, 0.6) is 5.75 Å². The summed E-state index contributed by atoms with van der Waals surface area (Å²) in [6, 6.07) is 20.8. The SMILES string of the molecule is CCCCOc1ccc(-c2ccc(Cl)c(/C=C/C(=O)Nc3ccc([S@+]([O-])Cc4cncn4CCCC)cc3)c2)cc1. The van der Waals surface area contributed by atoms with Crippen molar-refractivity contribution in [3.63, 3.8) is 0 Å². The van der Waals surface area contributed by atoms with Gasteiger partial charge in [-0.05, 0) is 95.3 Å². The highest BCUT2D eigenvalue weighted by Gasteiger charge is 2.15. The molecule has 0 bridgehead atoms. The summed E-state index contributed by atoms with van der Waals surface area (Å²) in [5.41, 5.74) is 4.34. The number of aryl methyl sites for hydroxylation is 1. The second-order valence-corrected chi connectivity index (χ2v) is 11.6. The van der Waals surface area contributed by atoms with E-state index in [1.54, 1.807) is 42.9 Å². The number of unbranched alkanes of at least 4 members (excludes halogenated alkanes) is 2. The maximum Gasteiger partial charge on any atom is 0.248 e. The molecular weight excluding hydrogens is 554 g/mol. The van der Waals surface area contributed by atoms with Crippen LogP contribution < -0.4 is 10.1 Å². The molecule has 8 heteroatoms. The molecule has 3 aromatic carbocycles. The summed E-state index contributed by atoms with van der Waals surface area (Å²) in [5.74, 6) is 0.963. The van der Waals surface area contributed by atoms with Crippen LogP contribution in [0, 0.1) is 0 Å². The summed E-state index contributed by atoms with van der Waals surface area (Å²) in [6.45, 7) is 5.87. The fraction of sp³-hybridized carbons (Fsp3) is 0.273. The Bertz CT molecular complexity index is 1440. The van der Waals surface area contributed by atoms with E-state index in [-0.39, 0.29) is 5.91 Å². The zero-order valence-corrected chi connectivity index (χ0v) is 25.1. The van der Waals surface area contributed by atoms with Crippen molar-refractivity contribution in [2.24, 2.45) is 0 Å². The topological polar surface area (TPSA) is 79.2 Å². The van der Waals surface area contributed by atoms with Gasteiger partial charge in [0, 0.05) is 23.3 Å². The molecule has 1 atom stereocenters. The molecule has 0 unspecified atom stereocenters. The zero-order chi connectivity index (χ0) is 29.0. The first-order chi connectivity index (χ1) is 20.0. The second-order valence-electron chi connectivity index (χ2n) is 9.73. The van der Waals surface area contributed by atoms with Gasteiger partial charge in [0.15, 0.2) is 10.6 Å². The van der Waals surface area contributed by atoms with Gasteiger partial charge in [-0.2, -0.15) is 0 Å². The van der Waals surface area contributed by atoms with Crippen LogP contribution in [0.15, 0.2) is 90.2 Å². The maximum atomic E-state index is 12.9. The highest BCUT2D eigenvalue weighted by atomic mass is 35.5. The first kappa shape index (κ1) is 30.4. The first-order valence-corrected chi connectivity index (χ1v) is 15.7. The lowest BCUT2D eigenvalue weighted by molar-refractivity contribution is -0.111. The highest BCUT2D eigenvalue weighted by molar-refractivity contribution is 7.90. The van der Waals surface area contributed by atoms with Gasteiger partial charge in [-0.25, -0.2) is 4.98 Å². The lowest BCUT2D eigenvalue weighted by Gasteiger charge is -2.13. The fourth-order valence-electron chi connectivity index (χ4n) is 4.18. The first-order valence-electron chi connectivity index (χ1n) is 14.0. The Kier molecular flexibility index (Phi) is 11.5. The largest absolute Gasteiger partial charge is 0.611 e. The van der Waals surface area contributed by atoms with E-state index in [0.29, 0.717) is 28.0 Å². The van der Waals surface area contributed by atoms with E-state index in [1.165, 1.54) is 6.08 Å². The van der Waals surface area contributed by atoms with Crippen LogP contribution in [0.1, 0.15) is 50.8 Å². The smallest absolute Gasteiger partial charge is 0.248 e. The molecule has 214 valence electrons. The van der Waals surface area contributed by atoms with Crippen molar-refractivity contribution in [3.05, 3.63) is 102 Å². The number of imidazole rings is 1. The van der Waals surface area contributed by atoms with Crippen molar-refractivity contribution in [1.82, 2.24) is 9.55 Å². The van der Waals surface area contributed by atoms with E-state index in [9.17, 15) is 9.35 Å². The van der Waals surface area contributed by atoms with Crippen LogP contribution in [0.3, 0.4) is 0 Å². The molecule has 0 aliphatic carbocycles. The number of hydrogen-bond acceptors (Lipinski definition) is 4. The van der Waals surface area contributed by atoms with Gasteiger partial charge in [0.1, 0.15) is 5.75 Å². The number of aromatic nitrogens is 2. The molecule has 1 aromatic heterocycles. The quantitative estimate of drug-likeness (QED) is 0.0914. The van der Waals surface area contributed by atoms with Crippen molar-refractivity contribution >= 4 is 40.4 Å². The normalized spacial score (nSPS) is 12.0. The molecule has 0 saturated carbocycles. The summed E-state index contributed by atoms with van der Waals surface area (Å²) in [7, 11) is 0. The third kappa shape index (κ3) is 8.98. The third-order valence-corrected chi connectivity index (χ3v) is 8.28. The van der Waals surface area contributed by atoms with Gasteiger partial charge >= 0.3 is 0 Å². The minimum Gasteiger partial charge on any atom is -0.611 e. The Morgan fingerprint density at radius 2 is 1.76 bits per heavy atom. The molecule has 41 heavy (non-hydrogen) atoms. The molecule has 0 spiro atoms. The van der Waals surface area contributed by atoms with E-state index in [4.69, 9.17) is 16.3 Å². The highest BCUT2D eigenvalue weighted by Crippen LogP contribution is 2.28. The Morgan fingerprint density at radius 1 is 1.02 bits per heavy atom. The third-order valence-electron chi connectivity index (χ3n) is 6.58. The minimum absolute atomic E-state index is 0.284. The van der Waals surface area contributed by atoms with Crippen molar-refractivity contribution in [1.29, 1.82) is 0 Å². The molecule has 1 amide bonds. The summed E-state index contributed by atoms with van der Waals surface area (Å²) >= 11 is 5.21. The van der Waals surface area contributed by atoms with Crippen LogP contribution in [0.25, 0.3) is 17.2 Å². The van der Waals surface area contributed by atoms with Crippen molar-refractivity contribution in [3.8, 4) is 16.9 Å². The maximum absolute atomic E-state index is 12.9. The number of nitrogens with zero attached hydrogens (tertiary/aromatic N) is 2. The second kappa shape index (κ2) is 15.5. The van der Waals surface area contributed by atoms with E-state index in [1.807, 2.05) is 42.5 Å². The standard InChI is InChI=1S/C33H36ClN3O3S/c1-3-5-19-37-24-35-22-29(37)23-41(39)31-15-11-28(12-16-31)36-33(38)18-10-27-21-26(9-17-32(27)34)25-7-13-30(14-8-25)40-20-6-4-2/h7-18,21-22,24H,3-6,19-20,23H2,1-2H3,(H,36,38)/b18-10+/t41-/m1/s1. The summed E-state index contributed by atoms with van der Waals surface area (Å²) in [4.78, 5) is 17.5. The number of carbonyl (C=O) groups excluding carboxylic acids is 1. The van der Waals surface area contributed by atoms with Crippen LogP contribution in [-0.2, 0) is 28.3 Å². The van der Waals surface area contributed by atoms with E-state index >= 15 is 0 Å². The molecule has 6 nitrogen and oxygen atoms in total. The van der Waals surface area contributed by atoms with Gasteiger partial charge in [0.25, 0.3) is 0 Å². The van der Waals surface area contributed by atoms with Gasteiger partial charge < -0.3 is 19.2 Å². The van der Waals surface area contributed by atoms with Gasteiger partial charge in [0.05, 0.1) is 24.8 Å². The summed E-state index contributed by atoms with van der Waals surface area (Å²) in [5, 5.41) is 3.41. The van der Waals surface area contributed by atoms with Crippen LogP contribution in [-0.4, -0.2) is 26.6 Å². The Hall–Kier alpha value is -3.52. The Balaban J connectivity index is 1.34. The lowest BCUT2D eigenvalue weighted by Crippen LogP contribution is -2.11. The average Bonchev–Trinajstić information content (AvgIpc) is 3.43. The monoisotopic (exact) mass is 589 g/mol. The van der Waals surface area contributed by atoms with E-state index in [2.05, 4.69) is 28.7 Å². The Labute approximate surface area is 250 Å². The van der Waals surface area contributed by atoms with Crippen LogP contribution in [0.2, 0.25) is 5.02 Å². The molecule has 0 aliphatic heterocycles. The number of halogens is 1. The number of nitrogens with one attached hydrogen (secondary N) is 1. The molecule has 0 saturated heterocycles. The molecule has 1 heterocycles. The van der Waals surface area contributed by atoms with E-state index in [0.717, 1.165) is 60.4 Å². The summed E-state index contributed by atoms with van der Waals surface area (Å²) < 4.78 is 20.7. The number of carbonyl (C=O) groups is 1. The van der Waals surface area contributed by atoms with Gasteiger partial charge in [0.2, 0.25) is 5.91 Å². The molecule has 1 N–H and O–H groups in total. The lowest BCUT2D eigenvalue weighted by atomic mass is 10.0. The van der Waals surface area contributed by atoms with Crippen molar-refractivity contribution in [2.75, 3.05) is 11.9 Å². The molecule has 0 radical (unpaired) electrons. The number of rotatable bonds is 14. The fourth-order valence-corrected chi connectivity index (χ4v) is 5.48. The average molecular weight is 590 g/mol. The number of hydrogen-bond donors (Lipinski definition) is 1. The van der Waals surface area contributed by atoms with Gasteiger partial charge in [-0.15, -0.1) is 0 Å². The predicted octanol–water partition coefficient (Wildman–Crippen LogP) is 8.14. The Morgan fingerprint density at radius 3 is 2.49 bits per heavy atom. The number of benzene rings is 3. The van der Waals surface area contributed by atoms with E-state index < -0.39 is 11.2 Å². The van der Waals surface area contributed by atoms with Crippen LogP contribution in [0.4, 0.5) is 5.69 Å². The van der Waals surface area contributed by atoms with Gasteiger partial charge in [-0.3, -0.25) is 4.79 Å². The zero-order valence-electron chi connectivity index (χ0n) is 23.5. The number of anilines is 1. The van der Waals surface area contributed by atoms with Crippen molar-refractivity contribution < 1.29 is 14.1 Å². The molecular formula is C33H36ClN3O3S. The van der Waals surface area contributed by atoms with Crippen LogP contribution >= 0.6 is 11.6 Å². The minimum atomic E-state index is -1.21. The molecule has 0 aliphatic rings. The number of ether oxygens (including phenoxy) is 1. The molecule has 4 aromatic rings. The van der Waals surface area contributed by atoms with Gasteiger partial charge in [-0.1, -0.05) is 56.5 Å². The predicted molar refractivity (Wildman–Crippen MR) is 169 cm³/mol. The molecule has 0 fully saturated rings. The summed E-state index contributed by atoms with van der Waals surface area (Å²) in [6.07, 6.45) is 11.0.